The molecule has 1 heterocycles. The van der Waals surface area contributed by atoms with Crippen LogP contribution < -0.4 is 0 Å². The monoisotopic (exact) mass is 165 g/mol. The summed E-state index contributed by atoms with van der Waals surface area (Å²) in [5.74, 6) is 0. The molecule has 0 aromatic carbocycles. The van der Waals surface area contributed by atoms with Crippen LogP contribution in [0, 0.1) is 0 Å². The molecule has 0 saturated carbocycles. The Morgan fingerprint density at radius 3 is 2.67 bits per heavy atom. The Hall–Kier alpha value is -0.890. The summed E-state index contributed by atoms with van der Waals surface area (Å²) in [5, 5.41) is 0. The lowest BCUT2D eigenvalue weighted by atomic mass is 10.2. The van der Waals surface area contributed by atoms with E-state index in [0.717, 1.165) is 5.56 Å². The zero-order valence-corrected chi connectivity index (χ0v) is 7.87. The Bertz CT molecular complexity index is 225. The molecule has 1 aromatic heterocycles. The van der Waals surface area contributed by atoms with E-state index in [1.165, 1.54) is 0 Å². The van der Waals surface area contributed by atoms with Crippen molar-refractivity contribution in [3.8, 4) is 0 Å². The van der Waals surface area contributed by atoms with Crippen molar-refractivity contribution >= 4 is 0 Å². The van der Waals surface area contributed by atoms with E-state index in [1.807, 2.05) is 39.1 Å². The highest BCUT2D eigenvalue weighted by molar-refractivity contribution is 5.06. The minimum atomic E-state index is -0.0736. The fourth-order valence-corrected chi connectivity index (χ4v) is 0.783. The van der Waals surface area contributed by atoms with Crippen LogP contribution in [-0.4, -0.2) is 10.6 Å². The molecule has 1 aromatic rings. The smallest absolute Gasteiger partial charge is 0.0738 e. The lowest BCUT2D eigenvalue weighted by Crippen LogP contribution is -2.18. The van der Waals surface area contributed by atoms with Gasteiger partial charge in [0.05, 0.1) is 12.2 Å². The van der Waals surface area contributed by atoms with E-state index in [9.17, 15) is 0 Å². The average Bonchev–Trinajstić information content (AvgIpc) is 2.02. The first-order chi connectivity index (χ1) is 5.58. The molecule has 0 saturated heterocycles. The first-order valence-corrected chi connectivity index (χ1v) is 4.11. The number of aromatic nitrogens is 1. The molecule has 0 spiro atoms. The molecule has 0 bridgehead atoms. The van der Waals surface area contributed by atoms with E-state index < -0.39 is 0 Å². The van der Waals surface area contributed by atoms with E-state index in [0.29, 0.717) is 6.61 Å². The van der Waals surface area contributed by atoms with Gasteiger partial charge in [0.15, 0.2) is 0 Å². The number of hydrogen-bond donors (Lipinski definition) is 0. The molecule has 0 amide bonds. The van der Waals surface area contributed by atoms with Crippen LogP contribution in [0.3, 0.4) is 0 Å². The van der Waals surface area contributed by atoms with Gasteiger partial charge in [-0.1, -0.05) is 6.07 Å². The maximum Gasteiger partial charge on any atom is 0.0738 e. The van der Waals surface area contributed by atoms with Crippen molar-refractivity contribution in [1.82, 2.24) is 4.98 Å². The highest BCUT2D eigenvalue weighted by Gasteiger charge is 2.09. The van der Waals surface area contributed by atoms with Crippen LogP contribution >= 0.6 is 0 Å². The molecular formula is C10H15NO. The van der Waals surface area contributed by atoms with Crippen LogP contribution in [0.5, 0.6) is 0 Å². The summed E-state index contributed by atoms with van der Waals surface area (Å²) < 4.78 is 5.58. The molecule has 0 atom stereocenters. The van der Waals surface area contributed by atoms with Gasteiger partial charge in [-0.05, 0) is 32.4 Å². The molecule has 0 unspecified atom stereocenters. The van der Waals surface area contributed by atoms with Gasteiger partial charge in [0, 0.05) is 12.4 Å². The molecule has 0 N–H and O–H groups in total. The van der Waals surface area contributed by atoms with Gasteiger partial charge in [0.1, 0.15) is 0 Å². The minimum absolute atomic E-state index is 0.0736. The third kappa shape index (κ3) is 3.49. The van der Waals surface area contributed by atoms with E-state index in [1.54, 1.807) is 6.20 Å². The Kier molecular flexibility index (Phi) is 2.82. The first-order valence-electron chi connectivity index (χ1n) is 4.11. The second kappa shape index (κ2) is 3.68. The number of hydrogen-bond acceptors (Lipinski definition) is 2. The minimum Gasteiger partial charge on any atom is -0.371 e. The number of rotatable bonds is 2. The fourth-order valence-electron chi connectivity index (χ4n) is 0.783. The number of pyridine rings is 1. The summed E-state index contributed by atoms with van der Waals surface area (Å²) in [4.78, 5) is 4.01. The molecule has 2 heteroatoms. The number of nitrogens with zero attached hydrogens (tertiary/aromatic N) is 1. The maximum absolute atomic E-state index is 5.58. The van der Waals surface area contributed by atoms with Crippen LogP contribution in [0.25, 0.3) is 0 Å². The second-order valence-electron chi connectivity index (χ2n) is 3.76. The van der Waals surface area contributed by atoms with Gasteiger partial charge < -0.3 is 4.74 Å². The fraction of sp³-hybridized carbons (Fsp3) is 0.500. The normalized spacial score (nSPS) is 11.6. The Morgan fingerprint density at radius 2 is 2.17 bits per heavy atom. The molecule has 1 rings (SSSR count). The zero-order chi connectivity index (χ0) is 9.03. The van der Waals surface area contributed by atoms with Gasteiger partial charge in [-0.3, -0.25) is 4.98 Å². The molecule has 0 aliphatic heterocycles. The third-order valence-electron chi connectivity index (χ3n) is 1.39. The van der Waals surface area contributed by atoms with Gasteiger partial charge in [-0.2, -0.15) is 0 Å². The Morgan fingerprint density at radius 1 is 1.42 bits per heavy atom. The standard InChI is InChI=1S/C10H15NO/c1-10(2,3)12-8-9-5-4-6-11-7-9/h4-7H,8H2,1-3H3. The Balaban J connectivity index is 2.44. The van der Waals surface area contributed by atoms with Crippen LogP contribution in [0.15, 0.2) is 24.5 Å². The molecule has 12 heavy (non-hydrogen) atoms. The zero-order valence-electron chi connectivity index (χ0n) is 7.87. The van der Waals surface area contributed by atoms with Gasteiger partial charge >= 0.3 is 0 Å². The van der Waals surface area contributed by atoms with Crippen molar-refractivity contribution < 1.29 is 4.74 Å². The lowest BCUT2D eigenvalue weighted by Gasteiger charge is -2.19. The molecular weight excluding hydrogens is 150 g/mol. The molecule has 2 nitrogen and oxygen atoms in total. The van der Waals surface area contributed by atoms with Crippen molar-refractivity contribution in [2.24, 2.45) is 0 Å². The van der Waals surface area contributed by atoms with Crippen molar-refractivity contribution in [3.05, 3.63) is 30.1 Å². The number of ether oxygens (including phenoxy) is 1. The SMILES string of the molecule is CC(C)(C)OCc1cccnc1. The molecule has 0 aliphatic rings. The molecule has 66 valence electrons. The largest absolute Gasteiger partial charge is 0.371 e. The topological polar surface area (TPSA) is 22.1 Å². The lowest BCUT2D eigenvalue weighted by molar-refractivity contribution is -0.0150. The summed E-state index contributed by atoms with van der Waals surface area (Å²) in [7, 11) is 0. The van der Waals surface area contributed by atoms with Gasteiger partial charge in [-0.25, -0.2) is 0 Å². The van der Waals surface area contributed by atoms with E-state index >= 15 is 0 Å². The van der Waals surface area contributed by atoms with E-state index in [2.05, 4.69) is 4.98 Å². The summed E-state index contributed by atoms with van der Waals surface area (Å²) in [6, 6.07) is 3.93. The molecule has 0 aliphatic carbocycles. The van der Waals surface area contributed by atoms with Crippen molar-refractivity contribution in [3.63, 3.8) is 0 Å². The highest BCUT2D eigenvalue weighted by atomic mass is 16.5. The van der Waals surface area contributed by atoms with Gasteiger partial charge in [-0.15, -0.1) is 0 Å². The van der Waals surface area contributed by atoms with Crippen LogP contribution in [0.4, 0.5) is 0 Å². The van der Waals surface area contributed by atoms with Crippen molar-refractivity contribution in [1.29, 1.82) is 0 Å². The maximum atomic E-state index is 5.58. The quantitative estimate of drug-likeness (QED) is 0.671. The molecule has 0 radical (unpaired) electrons. The van der Waals surface area contributed by atoms with Crippen molar-refractivity contribution in [2.75, 3.05) is 0 Å². The van der Waals surface area contributed by atoms with E-state index in [4.69, 9.17) is 4.74 Å². The van der Waals surface area contributed by atoms with Crippen molar-refractivity contribution in [2.45, 2.75) is 33.0 Å². The van der Waals surface area contributed by atoms with Gasteiger partial charge in [0.2, 0.25) is 0 Å². The highest BCUT2D eigenvalue weighted by Crippen LogP contribution is 2.10. The van der Waals surface area contributed by atoms with Crippen LogP contribution in [-0.2, 0) is 11.3 Å². The average molecular weight is 165 g/mol. The summed E-state index contributed by atoms with van der Waals surface area (Å²) in [6.45, 7) is 6.77. The molecule has 0 fully saturated rings. The van der Waals surface area contributed by atoms with E-state index in [-0.39, 0.29) is 5.60 Å². The first kappa shape index (κ1) is 9.20. The van der Waals surface area contributed by atoms with Crippen LogP contribution in [0.2, 0.25) is 0 Å². The van der Waals surface area contributed by atoms with Crippen LogP contribution in [0.1, 0.15) is 26.3 Å². The predicted molar refractivity (Wildman–Crippen MR) is 48.8 cm³/mol. The summed E-state index contributed by atoms with van der Waals surface area (Å²) in [6.07, 6.45) is 3.59. The van der Waals surface area contributed by atoms with Gasteiger partial charge in [0.25, 0.3) is 0 Å². The predicted octanol–water partition coefficient (Wildman–Crippen LogP) is 2.40. The summed E-state index contributed by atoms with van der Waals surface area (Å²) in [5.41, 5.74) is 1.04. The summed E-state index contributed by atoms with van der Waals surface area (Å²) >= 11 is 0. The second-order valence-corrected chi connectivity index (χ2v) is 3.76. The third-order valence-corrected chi connectivity index (χ3v) is 1.39. The Labute approximate surface area is 73.6 Å².